The molecule has 1 aliphatic rings. The van der Waals surface area contributed by atoms with Crippen LogP contribution >= 0.6 is 0 Å². The molecule has 4 aromatic rings. The molecule has 0 aliphatic carbocycles. The molecule has 0 fully saturated rings. The minimum Gasteiger partial charge on any atom is -0.368 e. The Hall–Kier alpha value is -2.77. The molecule has 1 radical (unpaired) electrons. The molecule has 199 valence electrons. The van der Waals surface area contributed by atoms with Crippen molar-refractivity contribution in [3.63, 3.8) is 0 Å². The van der Waals surface area contributed by atoms with E-state index in [2.05, 4.69) is 171 Å². The molecule has 2 atom stereocenters. The molecule has 4 aromatic carbocycles. The number of allylic oxidation sites excluding steroid dienone is 2. The average molecular weight is 561 g/mol. The van der Waals surface area contributed by atoms with E-state index in [1.54, 1.807) is 0 Å². The van der Waals surface area contributed by atoms with Crippen LogP contribution in [0.3, 0.4) is 0 Å². The number of hydrogen-bond donors (Lipinski definition) is 0. The van der Waals surface area contributed by atoms with Crippen LogP contribution in [0.25, 0.3) is 11.1 Å². The van der Waals surface area contributed by atoms with Gasteiger partial charge in [0, 0.05) is 10.6 Å². The maximum absolute atomic E-state index is 3.19. The van der Waals surface area contributed by atoms with Gasteiger partial charge in [-0.2, -0.15) is 0 Å². The van der Waals surface area contributed by atoms with E-state index in [0.717, 1.165) is 0 Å². The molecular formula is C35H42NSi3. The third-order valence-corrected chi connectivity index (χ3v) is 23.5. The Morgan fingerprint density at radius 2 is 0.974 bits per heavy atom. The number of benzene rings is 4. The number of nitrogens with zero attached hydrogens (tertiary/aromatic N) is 1. The van der Waals surface area contributed by atoms with Crippen molar-refractivity contribution in [2.45, 2.75) is 56.8 Å². The summed E-state index contributed by atoms with van der Waals surface area (Å²) in [6.45, 7) is 18.1. The molecule has 0 saturated heterocycles. The molecule has 1 heterocycles. The van der Waals surface area contributed by atoms with Gasteiger partial charge in [-0.1, -0.05) is 168 Å². The summed E-state index contributed by atoms with van der Waals surface area (Å²) in [4.78, 5) is 0. The Morgan fingerprint density at radius 1 is 0.564 bits per heavy atom. The Morgan fingerprint density at radius 3 is 1.44 bits per heavy atom. The van der Waals surface area contributed by atoms with Crippen LogP contribution in [0.5, 0.6) is 0 Å². The van der Waals surface area contributed by atoms with E-state index in [1.165, 1.54) is 33.4 Å². The molecule has 39 heavy (non-hydrogen) atoms. The van der Waals surface area contributed by atoms with E-state index in [0.29, 0.717) is 5.54 Å². The number of rotatable bonds is 7. The average Bonchev–Trinajstić information content (AvgIpc) is 3.18. The smallest absolute Gasteiger partial charge is 0.151 e. The fourth-order valence-electron chi connectivity index (χ4n) is 7.06. The Balaban J connectivity index is 1.98. The summed E-state index contributed by atoms with van der Waals surface area (Å²) in [5.41, 5.74) is 9.01. The van der Waals surface area contributed by atoms with E-state index < -0.39 is 25.4 Å². The maximum Gasteiger partial charge on any atom is 0.151 e. The zero-order chi connectivity index (χ0) is 27.8. The highest BCUT2D eigenvalue weighted by Gasteiger charge is 2.60. The van der Waals surface area contributed by atoms with Crippen molar-refractivity contribution in [3.05, 3.63) is 144 Å². The quantitative estimate of drug-likeness (QED) is 0.204. The van der Waals surface area contributed by atoms with Gasteiger partial charge in [-0.15, -0.1) is 0 Å². The van der Waals surface area contributed by atoms with Crippen molar-refractivity contribution in [2.24, 2.45) is 0 Å². The van der Waals surface area contributed by atoms with Gasteiger partial charge in [0.25, 0.3) is 0 Å². The molecule has 0 aromatic heterocycles. The molecule has 0 unspecified atom stereocenters. The maximum atomic E-state index is 3.19. The zero-order valence-corrected chi connectivity index (χ0v) is 27.6. The fourth-order valence-corrected chi connectivity index (χ4v) is 26.4. The van der Waals surface area contributed by atoms with Crippen LogP contribution in [0.15, 0.2) is 121 Å². The van der Waals surface area contributed by atoms with Gasteiger partial charge in [0.1, 0.15) is 16.5 Å². The largest absolute Gasteiger partial charge is 0.368 e. The minimum absolute atomic E-state index is 0.112. The third-order valence-electron chi connectivity index (χ3n) is 8.06. The van der Waals surface area contributed by atoms with Crippen LogP contribution < -0.4 is 0 Å². The lowest BCUT2D eigenvalue weighted by Crippen LogP contribution is -2.70. The zero-order valence-electron chi connectivity index (χ0n) is 24.6. The summed E-state index contributed by atoms with van der Waals surface area (Å²) in [5.74, 6) is 0. The van der Waals surface area contributed by atoms with E-state index in [-0.39, 0.29) is 5.04 Å². The summed E-state index contributed by atoms with van der Waals surface area (Å²) in [5, 5.41) is -0.112. The van der Waals surface area contributed by atoms with E-state index in [9.17, 15) is 0 Å². The monoisotopic (exact) mass is 560 g/mol. The first-order chi connectivity index (χ1) is 18.5. The second-order valence-electron chi connectivity index (χ2n) is 12.9. The lowest BCUT2D eigenvalue weighted by molar-refractivity contribution is 0.763. The van der Waals surface area contributed by atoms with Gasteiger partial charge in [0.2, 0.25) is 0 Å². The van der Waals surface area contributed by atoms with E-state index >= 15 is 0 Å². The molecule has 0 spiro atoms. The van der Waals surface area contributed by atoms with Gasteiger partial charge in [-0.05, 0) is 33.4 Å². The minimum atomic E-state index is -1.73. The van der Waals surface area contributed by atoms with Crippen LogP contribution in [-0.4, -0.2) is 29.3 Å². The summed E-state index contributed by atoms with van der Waals surface area (Å²) >= 11 is 0. The predicted octanol–water partition coefficient (Wildman–Crippen LogP) is 9.39. The SMILES string of the molecule is C[C@@]1(c2ccccc2)C(c2ccccc2)=C(c2ccccc2)[C@@H](c2ccccc2)[Si]1N([Si](C)(C)C)[Si](C)(C)C. The topological polar surface area (TPSA) is 3.24 Å². The summed E-state index contributed by atoms with van der Waals surface area (Å²) in [7, 11) is -4.71. The normalized spacial score (nSPS) is 20.6. The fraction of sp³-hybridized carbons (Fsp3) is 0.257. The third kappa shape index (κ3) is 5.11. The second kappa shape index (κ2) is 10.7. The second-order valence-corrected chi connectivity index (χ2v) is 26.6. The highest BCUT2D eigenvalue weighted by Crippen LogP contribution is 2.59. The first-order valence-electron chi connectivity index (χ1n) is 14.2. The van der Waals surface area contributed by atoms with E-state index in [4.69, 9.17) is 0 Å². The van der Waals surface area contributed by atoms with Crippen LogP contribution in [0.1, 0.15) is 34.7 Å². The summed E-state index contributed by atoms with van der Waals surface area (Å²) < 4.78 is 3.19. The van der Waals surface area contributed by atoms with Crippen LogP contribution in [0.2, 0.25) is 39.3 Å². The highest BCUT2D eigenvalue weighted by atomic mass is 28.5. The Labute approximate surface area is 240 Å². The highest BCUT2D eigenvalue weighted by molar-refractivity contribution is 7.01. The van der Waals surface area contributed by atoms with E-state index in [1.807, 2.05) is 0 Å². The van der Waals surface area contributed by atoms with Crippen LogP contribution in [0.4, 0.5) is 0 Å². The van der Waals surface area contributed by atoms with Gasteiger partial charge in [0.15, 0.2) is 8.96 Å². The number of hydrogen-bond acceptors (Lipinski definition) is 1. The van der Waals surface area contributed by atoms with Gasteiger partial charge in [0.05, 0.1) is 0 Å². The molecule has 0 amide bonds. The van der Waals surface area contributed by atoms with Gasteiger partial charge in [-0.3, -0.25) is 0 Å². The van der Waals surface area contributed by atoms with Gasteiger partial charge >= 0.3 is 0 Å². The van der Waals surface area contributed by atoms with Crippen molar-refractivity contribution in [1.29, 1.82) is 0 Å². The summed E-state index contributed by atoms with van der Waals surface area (Å²) in [6, 6.07) is 45.4. The molecule has 1 aliphatic heterocycles. The van der Waals surface area contributed by atoms with Crippen LogP contribution in [0, 0.1) is 0 Å². The molecule has 0 saturated carbocycles. The molecule has 4 heteroatoms. The van der Waals surface area contributed by atoms with Gasteiger partial charge < -0.3 is 3.90 Å². The van der Waals surface area contributed by atoms with Crippen molar-refractivity contribution in [2.75, 3.05) is 0 Å². The van der Waals surface area contributed by atoms with Crippen molar-refractivity contribution in [3.8, 4) is 0 Å². The Bertz CT molecular complexity index is 1410. The lowest BCUT2D eigenvalue weighted by Gasteiger charge is -2.54. The molecule has 0 bridgehead atoms. The van der Waals surface area contributed by atoms with Crippen LogP contribution in [-0.2, 0) is 5.04 Å². The first kappa shape index (κ1) is 27.8. The predicted molar refractivity (Wildman–Crippen MR) is 177 cm³/mol. The standard InChI is InChI=1S/C35H42NSi3/c1-35(31-26-18-11-19-27-31)33(29-22-14-9-15-23-29)32(28-20-12-8-13-21-28)34(30-24-16-10-17-25-30)37(35)36(38(2,3)4)39(5,6)7/h8-27,34H,1-7H3/t34-,35-/m1/s1. The van der Waals surface area contributed by atoms with Crippen molar-refractivity contribution in [1.82, 2.24) is 3.90 Å². The molecular weight excluding hydrogens is 519 g/mol. The Kier molecular flexibility index (Phi) is 7.59. The molecule has 5 rings (SSSR count). The molecule has 1 nitrogen and oxygen atoms in total. The van der Waals surface area contributed by atoms with Crippen molar-refractivity contribution < 1.29 is 0 Å². The lowest BCUT2D eigenvalue weighted by atomic mass is 9.81. The summed E-state index contributed by atoms with van der Waals surface area (Å²) in [6.07, 6.45) is 0. The first-order valence-corrected chi connectivity index (χ1v) is 22.6. The molecule has 0 N–H and O–H groups in total. The van der Waals surface area contributed by atoms with Crippen molar-refractivity contribution >= 4 is 36.6 Å². The van der Waals surface area contributed by atoms with Gasteiger partial charge in [-0.25, -0.2) is 0 Å².